The van der Waals surface area contributed by atoms with Crippen LogP contribution in [0.1, 0.15) is 0 Å². The lowest BCUT2D eigenvalue weighted by Gasteiger charge is -2.27. The molecule has 0 aromatic heterocycles. The topological polar surface area (TPSA) is 15.3 Å². The van der Waals surface area contributed by atoms with Gasteiger partial charge in [0.2, 0.25) is 0 Å². The van der Waals surface area contributed by atoms with Crippen LogP contribution in [0.25, 0.3) is 11.1 Å². The van der Waals surface area contributed by atoms with E-state index >= 15 is 0 Å². The highest BCUT2D eigenvalue weighted by atomic mass is 35.5. The number of nitrogens with zero attached hydrogens (tertiary/aromatic N) is 1. The van der Waals surface area contributed by atoms with E-state index in [-0.39, 0.29) is 0 Å². The first-order valence-electron chi connectivity index (χ1n) is 10.9. The lowest BCUT2D eigenvalue weighted by Crippen LogP contribution is -2.10. The third-order valence-electron chi connectivity index (χ3n) is 5.52. The molecule has 0 saturated heterocycles. The average Bonchev–Trinajstić information content (AvgIpc) is 2.88. The summed E-state index contributed by atoms with van der Waals surface area (Å²) in [6, 6.07) is 45.3. The molecule has 0 aliphatic carbocycles. The average molecular weight is 447 g/mol. The molecule has 0 aliphatic rings. The number of para-hydroxylation sites is 4. The van der Waals surface area contributed by atoms with Crippen molar-refractivity contribution in [3.63, 3.8) is 0 Å². The Morgan fingerprint density at radius 3 is 1.64 bits per heavy atom. The van der Waals surface area contributed by atoms with Crippen LogP contribution in [0.5, 0.6) is 0 Å². The Balaban J connectivity index is 1.63. The quantitative estimate of drug-likeness (QED) is 0.279. The van der Waals surface area contributed by atoms with Crippen LogP contribution >= 0.6 is 11.6 Å². The summed E-state index contributed by atoms with van der Waals surface area (Å²) in [5, 5.41) is 4.24. The lowest BCUT2D eigenvalue weighted by molar-refractivity contribution is 1.28. The summed E-state index contributed by atoms with van der Waals surface area (Å²) in [4.78, 5) is 2.19. The number of hydrogen-bond acceptors (Lipinski definition) is 2. The second-order valence-corrected chi connectivity index (χ2v) is 8.06. The largest absolute Gasteiger partial charge is 0.355 e. The number of benzene rings is 5. The molecule has 0 saturated carbocycles. The van der Waals surface area contributed by atoms with Gasteiger partial charge in [-0.05, 0) is 48.5 Å². The van der Waals surface area contributed by atoms with Gasteiger partial charge in [0, 0.05) is 33.9 Å². The van der Waals surface area contributed by atoms with E-state index in [9.17, 15) is 0 Å². The normalized spacial score (nSPS) is 10.6. The van der Waals surface area contributed by atoms with Crippen molar-refractivity contribution in [2.24, 2.45) is 0 Å². The van der Waals surface area contributed by atoms with Crippen molar-refractivity contribution in [1.29, 1.82) is 0 Å². The van der Waals surface area contributed by atoms with Crippen molar-refractivity contribution >= 4 is 40.0 Å². The molecule has 2 nitrogen and oxygen atoms in total. The van der Waals surface area contributed by atoms with Gasteiger partial charge in [0.15, 0.2) is 0 Å². The fourth-order valence-corrected chi connectivity index (χ4v) is 4.30. The summed E-state index contributed by atoms with van der Waals surface area (Å²) in [5.41, 5.74) is 7.11. The first-order valence-corrected chi connectivity index (χ1v) is 11.3. The van der Waals surface area contributed by atoms with E-state index in [1.807, 2.05) is 66.7 Å². The molecule has 0 bridgehead atoms. The number of nitrogens with one attached hydrogen (secondary N) is 1. The molecule has 0 heterocycles. The third-order valence-corrected chi connectivity index (χ3v) is 5.92. The molecule has 0 fully saturated rings. The molecule has 5 aromatic carbocycles. The highest BCUT2D eigenvalue weighted by Crippen LogP contribution is 2.44. The minimum Gasteiger partial charge on any atom is -0.355 e. The Labute approximate surface area is 199 Å². The molecule has 0 aliphatic heterocycles. The molecule has 160 valence electrons. The third kappa shape index (κ3) is 4.48. The SMILES string of the molecule is Clc1c(-c2ccccc2Nc2ccccc2)cccc1N(c1ccccc1)c1ccccc1. The van der Waals surface area contributed by atoms with Gasteiger partial charge in [-0.2, -0.15) is 0 Å². The Kier molecular flexibility index (Phi) is 6.10. The van der Waals surface area contributed by atoms with E-state index < -0.39 is 0 Å². The highest BCUT2D eigenvalue weighted by Gasteiger charge is 2.18. The molecule has 3 heteroatoms. The van der Waals surface area contributed by atoms with Crippen LogP contribution in [-0.2, 0) is 0 Å². The van der Waals surface area contributed by atoms with Crippen LogP contribution in [0.4, 0.5) is 28.4 Å². The molecule has 1 N–H and O–H groups in total. The zero-order valence-corrected chi connectivity index (χ0v) is 18.8. The van der Waals surface area contributed by atoms with Crippen molar-refractivity contribution < 1.29 is 0 Å². The van der Waals surface area contributed by atoms with Gasteiger partial charge in [-0.3, -0.25) is 0 Å². The zero-order chi connectivity index (χ0) is 22.5. The minimum absolute atomic E-state index is 0.701. The molecule has 0 radical (unpaired) electrons. The fourth-order valence-electron chi connectivity index (χ4n) is 3.99. The molecule has 0 spiro atoms. The van der Waals surface area contributed by atoms with Crippen LogP contribution in [-0.4, -0.2) is 0 Å². The predicted octanol–water partition coefficient (Wildman–Crippen LogP) is 9.22. The summed E-state index contributed by atoms with van der Waals surface area (Å²) < 4.78 is 0. The van der Waals surface area contributed by atoms with Crippen LogP contribution in [0.15, 0.2) is 133 Å². The second kappa shape index (κ2) is 9.64. The van der Waals surface area contributed by atoms with Gasteiger partial charge < -0.3 is 10.2 Å². The number of halogens is 1. The maximum atomic E-state index is 7.14. The van der Waals surface area contributed by atoms with Gasteiger partial charge >= 0.3 is 0 Å². The van der Waals surface area contributed by atoms with Crippen LogP contribution in [0.2, 0.25) is 5.02 Å². The minimum atomic E-state index is 0.701. The molecular formula is C30H23ClN2. The summed E-state index contributed by atoms with van der Waals surface area (Å²) >= 11 is 7.14. The summed E-state index contributed by atoms with van der Waals surface area (Å²) in [6.07, 6.45) is 0. The van der Waals surface area contributed by atoms with E-state index in [0.717, 1.165) is 39.6 Å². The Hall–Kier alpha value is -4.01. The van der Waals surface area contributed by atoms with E-state index in [1.165, 1.54) is 0 Å². The molecular weight excluding hydrogens is 424 g/mol. The van der Waals surface area contributed by atoms with Crippen LogP contribution in [0, 0.1) is 0 Å². The maximum Gasteiger partial charge on any atom is 0.0725 e. The predicted molar refractivity (Wildman–Crippen MR) is 141 cm³/mol. The van der Waals surface area contributed by atoms with Gasteiger partial charge in [0.1, 0.15) is 0 Å². The number of anilines is 5. The summed E-state index contributed by atoms with van der Waals surface area (Å²) in [7, 11) is 0. The molecule has 5 aromatic rings. The Bertz CT molecular complexity index is 1300. The highest BCUT2D eigenvalue weighted by molar-refractivity contribution is 6.36. The molecule has 5 rings (SSSR count). The Morgan fingerprint density at radius 1 is 0.485 bits per heavy atom. The van der Waals surface area contributed by atoms with Gasteiger partial charge in [-0.25, -0.2) is 0 Å². The van der Waals surface area contributed by atoms with Gasteiger partial charge in [-0.15, -0.1) is 0 Å². The van der Waals surface area contributed by atoms with Gasteiger partial charge in [0.25, 0.3) is 0 Å². The summed E-state index contributed by atoms with van der Waals surface area (Å²) in [6.45, 7) is 0. The Morgan fingerprint density at radius 2 is 1.00 bits per heavy atom. The van der Waals surface area contributed by atoms with Crippen molar-refractivity contribution in [2.45, 2.75) is 0 Å². The van der Waals surface area contributed by atoms with Crippen LogP contribution < -0.4 is 10.2 Å². The number of hydrogen-bond donors (Lipinski definition) is 1. The van der Waals surface area contributed by atoms with E-state index in [4.69, 9.17) is 11.6 Å². The van der Waals surface area contributed by atoms with Crippen molar-refractivity contribution in [3.8, 4) is 11.1 Å². The van der Waals surface area contributed by atoms with Gasteiger partial charge in [-0.1, -0.05) is 96.5 Å². The van der Waals surface area contributed by atoms with Crippen molar-refractivity contribution in [2.75, 3.05) is 10.2 Å². The first kappa shape index (κ1) is 20.9. The zero-order valence-electron chi connectivity index (χ0n) is 18.0. The molecule has 0 unspecified atom stereocenters. The smallest absolute Gasteiger partial charge is 0.0725 e. The van der Waals surface area contributed by atoms with Crippen LogP contribution in [0.3, 0.4) is 0 Å². The van der Waals surface area contributed by atoms with E-state index in [1.54, 1.807) is 0 Å². The first-order chi connectivity index (χ1) is 16.3. The number of rotatable bonds is 6. The summed E-state index contributed by atoms with van der Waals surface area (Å²) in [5.74, 6) is 0. The molecule has 0 atom stereocenters. The van der Waals surface area contributed by atoms with E-state index in [0.29, 0.717) is 5.02 Å². The standard InChI is InChI=1S/C30H23ClN2/c31-30-27(26-19-10-11-21-28(26)32-23-13-4-1-5-14-23)20-12-22-29(30)33(24-15-6-2-7-16-24)25-17-8-3-9-18-25/h1-22,32H. The van der Waals surface area contributed by atoms with Crippen molar-refractivity contribution in [1.82, 2.24) is 0 Å². The second-order valence-electron chi connectivity index (χ2n) is 7.68. The fraction of sp³-hybridized carbons (Fsp3) is 0. The van der Waals surface area contributed by atoms with Gasteiger partial charge in [0.05, 0.1) is 10.7 Å². The monoisotopic (exact) mass is 446 g/mol. The molecule has 33 heavy (non-hydrogen) atoms. The lowest BCUT2D eigenvalue weighted by atomic mass is 10.0. The van der Waals surface area contributed by atoms with Crippen molar-refractivity contribution in [3.05, 3.63) is 138 Å². The van der Waals surface area contributed by atoms with E-state index in [2.05, 4.69) is 76.9 Å². The molecule has 0 amide bonds. The maximum absolute atomic E-state index is 7.14.